The number of benzene rings is 3. The molecule has 0 aliphatic carbocycles. The van der Waals surface area contributed by atoms with Crippen LogP contribution in [0.2, 0.25) is 15.1 Å². The number of halogens is 3. The molecule has 29 heavy (non-hydrogen) atoms. The Hall–Kier alpha value is -1.71. The largest absolute Gasteiger partial charge is 0.489 e. The van der Waals surface area contributed by atoms with Crippen molar-refractivity contribution in [3.63, 3.8) is 0 Å². The molecule has 3 rings (SSSR count). The summed E-state index contributed by atoms with van der Waals surface area (Å²) in [5.74, 6) is 0.809. The summed E-state index contributed by atoms with van der Waals surface area (Å²) in [6.45, 7) is 3.30. The minimum Gasteiger partial charge on any atom is -0.489 e. The Bertz CT molecular complexity index is 931. The van der Waals surface area contributed by atoms with E-state index >= 15 is 0 Å². The number of nitrogens with one attached hydrogen (secondary N) is 1. The van der Waals surface area contributed by atoms with Gasteiger partial charge in [-0.05, 0) is 61.2 Å². The molecule has 1 atom stereocenters. The predicted octanol–water partition coefficient (Wildman–Crippen LogP) is 7.34. The SMILES string of the molecule is C[C@H](CCc1ccccc1)NCc1cc(Cl)ccc1OCc1ccc(Cl)c(Cl)c1. The van der Waals surface area contributed by atoms with Gasteiger partial charge in [0.05, 0.1) is 10.0 Å². The highest BCUT2D eigenvalue weighted by Gasteiger charge is 2.09. The molecule has 0 aliphatic rings. The van der Waals surface area contributed by atoms with E-state index in [1.165, 1.54) is 5.56 Å². The van der Waals surface area contributed by atoms with Gasteiger partial charge in [-0.2, -0.15) is 0 Å². The van der Waals surface area contributed by atoms with Crippen LogP contribution in [0.15, 0.2) is 66.7 Å². The minimum absolute atomic E-state index is 0.372. The minimum atomic E-state index is 0.372. The molecule has 2 nitrogen and oxygen atoms in total. The summed E-state index contributed by atoms with van der Waals surface area (Å²) in [4.78, 5) is 0. The van der Waals surface area contributed by atoms with Gasteiger partial charge >= 0.3 is 0 Å². The van der Waals surface area contributed by atoms with Gasteiger partial charge in [0.25, 0.3) is 0 Å². The molecule has 0 fully saturated rings. The van der Waals surface area contributed by atoms with E-state index in [9.17, 15) is 0 Å². The summed E-state index contributed by atoms with van der Waals surface area (Å²) in [6, 6.07) is 22.1. The van der Waals surface area contributed by atoms with Crippen molar-refractivity contribution < 1.29 is 4.74 Å². The molecule has 0 unspecified atom stereocenters. The second-order valence-electron chi connectivity index (χ2n) is 7.10. The monoisotopic (exact) mass is 447 g/mol. The number of aryl methyl sites for hydroxylation is 1. The Morgan fingerprint density at radius 2 is 1.66 bits per heavy atom. The van der Waals surface area contributed by atoms with Crippen molar-refractivity contribution in [2.75, 3.05) is 0 Å². The lowest BCUT2D eigenvalue weighted by molar-refractivity contribution is 0.301. The second-order valence-corrected chi connectivity index (χ2v) is 8.35. The summed E-state index contributed by atoms with van der Waals surface area (Å²) in [5.41, 5.74) is 3.35. The van der Waals surface area contributed by atoms with Crippen LogP contribution >= 0.6 is 34.8 Å². The lowest BCUT2D eigenvalue weighted by Gasteiger charge is -2.17. The average molecular weight is 449 g/mol. The summed E-state index contributed by atoms with van der Waals surface area (Å²) in [7, 11) is 0. The van der Waals surface area contributed by atoms with Crippen molar-refractivity contribution in [1.82, 2.24) is 5.32 Å². The van der Waals surface area contributed by atoms with Gasteiger partial charge in [0.2, 0.25) is 0 Å². The molecule has 0 heterocycles. The van der Waals surface area contributed by atoms with E-state index in [2.05, 4.69) is 36.5 Å². The molecule has 0 aromatic heterocycles. The standard InChI is InChI=1S/C24H24Cl3NO/c1-17(7-8-18-5-3-2-4-6-18)28-15-20-14-21(25)10-12-24(20)29-16-19-9-11-22(26)23(27)13-19/h2-6,9-14,17,28H,7-8,15-16H2,1H3/t17-/m1/s1. The fourth-order valence-electron chi connectivity index (χ4n) is 3.03. The average Bonchev–Trinajstić information content (AvgIpc) is 2.73. The lowest BCUT2D eigenvalue weighted by Crippen LogP contribution is -2.26. The van der Waals surface area contributed by atoms with Crippen LogP contribution < -0.4 is 10.1 Å². The van der Waals surface area contributed by atoms with E-state index in [4.69, 9.17) is 39.5 Å². The highest BCUT2D eigenvalue weighted by molar-refractivity contribution is 6.42. The van der Waals surface area contributed by atoms with Crippen molar-refractivity contribution in [2.24, 2.45) is 0 Å². The van der Waals surface area contributed by atoms with Gasteiger partial charge < -0.3 is 10.1 Å². The molecule has 0 saturated heterocycles. The van der Waals surface area contributed by atoms with Gasteiger partial charge in [-0.15, -0.1) is 0 Å². The highest BCUT2D eigenvalue weighted by atomic mass is 35.5. The zero-order chi connectivity index (χ0) is 20.6. The van der Waals surface area contributed by atoms with Gasteiger partial charge in [-0.25, -0.2) is 0 Å². The number of hydrogen-bond acceptors (Lipinski definition) is 2. The van der Waals surface area contributed by atoms with Crippen molar-refractivity contribution >= 4 is 34.8 Å². The third-order valence-corrected chi connectivity index (χ3v) is 5.72. The predicted molar refractivity (Wildman–Crippen MR) is 123 cm³/mol. The van der Waals surface area contributed by atoms with Crippen molar-refractivity contribution in [3.05, 3.63) is 98.5 Å². The molecule has 1 N–H and O–H groups in total. The quantitative estimate of drug-likeness (QED) is 0.370. The van der Waals surface area contributed by atoms with Crippen LogP contribution in [0.3, 0.4) is 0 Å². The maximum Gasteiger partial charge on any atom is 0.124 e. The summed E-state index contributed by atoms with van der Waals surface area (Å²) in [5, 5.41) is 5.33. The molecule has 152 valence electrons. The molecule has 0 amide bonds. The van der Waals surface area contributed by atoms with Gasteiger partial charge in [-0.3, -0.25) is 0 Å². The Morgan fingerprint density at radius 3 is 2.41 bits per heavy atom. The molecule has 5 heteroatoms. The maximum atomic E-state index is 6.21. The fraction of sp³-hybridized carbons (Fsp3) is 0.250. The normalized spacial score (nSPS) is 12.0. The zero-order valence-corrected chi connectivity index (χ0v) is 18.6. The zero-order valence-electron chi connectivity index (χ0n) is 16.3. The van der Waals surface area contributed by atoms with Gasteiger partial charge in [0.1, 0.15) is 12.4 Å². The van der Waals surface area contributed by atoms with Gasteiger partial charge in [-0.1, -0.05) is 71.2 Å². The molecule has 0 radical (unpaired) electrons. The Labute approximate surface area is 187 Å². The summed E-state index contributed by atoms with van der Waals surface area (Å²) in [6.07, 6.45) is 2.11. The maximum absolute atomic E-state index is 6.21. The van der Waals surface area contributed by atoms with Crippen molar-refractivity contribution in [2.45, 2.75) is 39.0 Å². The van der Waals surface area contributed by atoms with Gasteiger partial charge in [0.15, 0.2) is 0 Å². The van der Waals surface area contributed by atoms with E-state index in [-0.39, 0.29) is 0 Å². The van der Waals surface area contributed by atoms with Crippen molar-refractivity contribution in [3.8, 4) is 5.75 Å². The van der Waals surface area contributed by atoms with Gasteiger partial charge in [0, 0.05) is 23.2 Å². The van der Waals surface area contributed by atoms with Crippen LogP contribution in [0.1, 0.15) is 30.0 Å². The van der Waals surface area contributed by atoms with Crippen LogP contribution in [-0.2, 0) is 19.6 Å². The first kappa shape index (κ1) is 22.0. The van der Waals surface area contributed by atoms with Crippen LogP contribution in [0, 0.1) is 0 Å². The second kappa shape index (κ2) is 10.9. The van der Waals surface area contributed by atoms with Crippen LogP contribution in [0.5, 0.6) is 5.75 Å². The number of hydrogen-bond donors (Lipinski definition) is 1. The Morgan fingerprint density at radius 1 is 0.862 bits per heavy atom. The lowest BCUT2D eigenvalue weighted by atomic mass is 10.1. The summed E-state index contributed by atoms with van der Waals surface area (Å²) < 4.78 is 6.03. The third-order valence-electron chi connectivity index (χ3n) is 4.75. The molecule has 3 aromatic carbocycles. The molecule has 0 bridgehead atoms. The Balaban J connectivity index is 1.57. The van der Waals surface area contributed by atoms with E-state index in [0.29, 0.717) is 34.3 Å². The van der Waals surface area contributed by atoms with Crippen LogP contribution in [-0.4, -0.2) is 6.04 Å². The molecule has 0 aliphatic heterocycles. The first-order valence-electron chi connectivity index (χ1n) is 9.63. The number of rotatable bonds is 9. The first-order valence-corrected chi connectivity index (χ1v) is 10.8. The fourth-order valence-corrected chi connectivity index (χ4v) is 3.55. The van der Waals surface area contributed by atoms with Crippen molar-refractivity contribution in [1.29, 1.82) is 0 Å². The molecule has 0 spiro atoms. The molecular weight excluding hydrogens is 425 g/mol. The van der Waals surface area contributed by atoms with E-state index in [0.717, 1.165) is 29.7 Å². The topological polar surface area (TPSA) is 21.3 Å². The van der Waals surface area contributed by atoms with E-state index in [1.54, 1.807) is 6.07 Å². The third kappa shape index (κ3) is 6.94. The van der Waals surface area contributed by atoms with E-state index < -0.39 is 0 Å². The number of ether oxygens (including phenoxy) is 1. The van der Waals surface area contributed by atoms with Crippen LogP contribution in [0.4, 0.5) is 0 Å². The molecule has 0 saturated carbocycles. The van der Waals surface area contributed by atoms with E-state index in [1.807, 2.05) is 36.4 Å². The highest BCUT2D eigenvalue weighted by Crippen LogP contribution is 2.26. The summed E-state index contributed by atoms with van der Waals surface area (Å²) >= 11 is 18.3. The first-order chi connectivity index (χ1) is 14.0. The molecular formula is C24H24Cl3NO. The smallest absolute Gasteiger partial charge is 0.124 e. The van der Waals surface area contributed by atoms with Crippen LogP contribution in [0.25, 0.3) is 0 Å². The molecule has 3 aromatic rings. The Kier molecular flexibility index (Phi) is 8.26.